The number of nitrogens with two attached hydrogens (primary N) is 1. The van der Waals surface area contributed by atoms with Crippen LogP contribution in [0.2, 0.25) is 0 Å². The SMILES string of the molecule is Cl.Nc1ccc(CCNC(CO)c2ccccc2)cc1. The summed E-state index contributed by atoms with van der Waals surface area (Å²) in [6.07, 6.45) is 0.920. The third-order valence-electron chi connectivity index (χ3n) is 3.17. The summed E-state index contributed by atoms with van der Waals surface area (Å²) >= 11 is 0. The van der Waals surface area contributed by atoms with Crippen molar-refractivity contribution in [1.29, 1.82) is 0 Å². The van der Waals surface area contributed by atoms with Gasteiger partial charge in [-0.05, 0) is 36.2 Å². The number of aliphatic hydroxyl groups excluding tert-OH is 1. The number of hydrogen-bond acceptors (Lipinski definition) is 3. The third-order valence-corrected chi connectivity index (χ3v) is 3.17. The maximum Gasteiger partial charge on any atom is 0.0626 e. The first-order valence-corrected chi connectivity index (χ1v) is 6.53. The Balaban J connectivity index is 0.00000200. The molecule has 0 aliphatic heterocycles. The minimum Gasteiger partial charge on any atom is -0.399 e. The molecule has 2 aromatic carbocycles. The molecule has 0 aliphatic rings. The second kappa shape index (κ2) is 8.59. The second-order valence-electron chi connectivity index (χ2n) is 4.59. The molecule has 0 aliphatic carbocycles. The number of benzene rings is 2. The number of hydrogen-bond donors (Lipinski definition) is 3. The zero-order chi connectivity index (χ0) is 13.5. The van der Waals surface area contributed by atoms with Crippen LogP contribution in [0.5, 0.6) is 0 Å². The number of aliphatic hydroxyl groups is 1. The van der Waals surface area contributed by atoms with Crippen LogP contribution in [-0.4, -0.2) is 18.3 Å². The summed E-state index contributed by atoms with van der Waals surface area (Å²) in [5, 5.41) is 12.8. The van der Waals surface area contributed by atoms with Gasteiger partial charge in [-0.3, -0.25) is 0 Å². The van der Waals surface area contributed by atoms with E-state index < -0.39 is 0 Å². The van der Waals surface area contributed by atoms with Gasteiger partial charge in [-0.2, -0.15) is 0 Å². The highest BCUT2D eigenvalue weighted by atomic mass is 35.5. The Morgan fingerprint density at radius 1 is 1.00 bits per heavy atom. The molecule has 20 heavy (non-hydrogen) atoms. The molecule has 0 amide bonds. The van der Waals surface area contributed by atoms with E-state index in [1.54, 1.807) is 0 Å². The molecular weight excluding hydrogens is 272 g/mol. The van der Waals surface area contributed by atoms with Crippen molar-refractivity contribution in [2.45, 2.75) is 12.5 Å². The van der Waals surface area contributed by atoms with Gasteiger partial charge in [0.15, 0.2) is 0 Å². The van der Waals surface area contributed by atoms with Gasteiger partial charge in [0.1, 0.15) is 0 Å². The predicted octanol–water partition coefficient (Wildman–Crippen LogP) is 2.56. The summed E-state index contributed by atoms with van der Waals surface area (Å²) in [6, 6.07) is 17.9. The molecule has 2 rings (SSSR count). The van der Waals surface area contributed by atoms with Crippen LogP contribution in [0.3, 0.4) is 0 Å². The number of anilines is 1. The normalized spacial score (nSPS) is 11.7. The maximum absolute atomic E-state index is 9.43. The van der Waals surface area contributed by atoms with Crippen molar-refractivity contribution in [3.8, 4) is 0 Å². The summed E-state index contributed by atoms with van der Waals surface area (Å²) in [6.45, 7) is 0.926. The monoisotopic (exact) mass is 292 g/mol. The second-order valence-corrected chi connectivity index (χ2v) is 4.59. The van der Waals surface area contributed by atoms with Crippen molar-refractivity contribution in [3.63, 3.8) is 0 Å². The molecule has 0 fully saturated rings. The largest absolute Gasteiger partial charge is 0.399 e. The van der Waals surface area contributed by atoms with Crippen LogP contribution >= 0.6 is 12.4 Å². The van der Waals surface area contributed by atoms with E-state index >= 15 is 0 Å². The first-order valence-electron chi connectivity index (χ1n) is 6.53. The van der Waals surface area contributed by atoms with Gasteiger partial charge in [0.25, 0.3) is 0 Å². The lowest BCUT2D eigenvalue weighted by Crippen LogP contribution is -2.26. The van der Waals surface area contributed by atoms with E-state index in [2.05, 4.69) is 5.32 Å². The molecule has 3 nitrogen and oxygen atoms in total. The molecule has 2 aromatic rings. The Morgan fingerprint density at radius 3 is 2.25 bits per heavy atom. The van der Waals surface area contributed by atoms with Gasteiger partial charge in [-0.1, -0.05) is 42.5 Å². The number of halogens is 1. The molecule has 0 saturated heterocycles. The van der Waals surface area contributed by atoms with Crippen molar-refractivity contribution in [1.82, 2.24) is 5.32 Å². The zero-order valence-corrected chi connectivity index (χ0v) is 12.1. The summed E-state index contributed by atoms with van der Waals surface area (Å²) < 4.78 is 0. The molecule has 4 N–H and O–H groups in total. The van der Waals surface area contributed by atoms with E-state index in [1.165, 1.54) is 5.56 Å². The summed E-state index contributed by atoms with van der Waals surface area (Å²) in [4.78, 5) is 0. The molecule has 0 bridgehead atoms. The molecule has 108 valence electrons. The van der Waals surface area contributed by atoms with Crippen LogP contribution in [0.4, 0.5) is 5.69 Å². The minimum atomic E-state index is -0.00465. The Hall–Kier alpha value is -1.55. The van der Waals surface area contributed by atoms with Gasteiger partial charge in [-0.15, -0.1) is 12.4 Å². The van der Waals surface area contributed by atoms with Crippen LogP contribution in [0.1, 0.15) is 17.2 Å². The van der Waals surface area contributed by atoms with Crippen LogP contribution in [0.25, 0.3) is 0 Å². The van der Waals surface area contributed by atoms with Crippen LogP contribution in [-0.2, 0) is 6.42 Å². The topological polar surface area (TPSA) is 58.3 Å². The quantitative estimate of drug-likeness (QED) is 0.717. The molecule has 1 unspecified atom stereocenters. The Labute approximate surface area is 126 Å². The summed E-state index contributed by atoms with van der Waals surface area (Å²) in [7, 11) is 0. The highest BCUT2D eigenvalue weighted by Crippen LogP contribution is 2.12. The first kappa shape index (κ1) is 16.5. The van der Waals surface area contributed by atoms with Crippen LogP contribution in [0, 0.1) is 0 Å². The lowest BCUT2D eigenvalue weighted by atomic mass is 10.1. The van der Waals surface area contributed by atoms with Crippen molar-refractivity contribution in [2.24, 2.45) is 0 Å². The number of rotatable bonds is 6. The number of nitrogens with one attached hydrogen (secondary N) is 1. The van der Waals surface area contributed by atoms with Gasteiger partial charge in [0, 0.05) is 5.69 Å². The average molecular weight is 293 g/mol. The van der Waals surface area contributed by atoms with Crippen molar-refractivity contribution in [3.05, 3.63) is 65.7 Å². The van der Waals surface area contributed by atoms with Gasteiger partial charge in [-0.25, -0.2) is 0 Å². The van der Waals surface area contributed by atoms with Crippen LogP contribution in [0.15, 0.2) is 54.6 Å². The van der Waals surface area contributed by atoms with E-state index in [1.807, 2.05) is 54.6 Å². The maximum atomic E-state index is 9.43. The van der Waals surface area contributed by atoms with Crippen molar-refractivity contribution in [2.75, 3.05) is 18.9 Å². The molecular formula is C16H21ClN2O. The molecule has 0 aromatic heterocycles. The zero-order valence-electron chi connectivity index (χ0n) is 11.3. The molecule has 0 heterocycles. The lowest BCUT2D eigenvalue weighted by molar-refractivity contribution is 0.245. The lowest BCUT2D eigenvalue weighted by Gasteiger charge is -2.16. The average Bonchev–Trinajstić information content (AvgIpc) is 2.46. The highest BCUT2D eigenvalue weighted by Gasteiger charge is 2.08. The fraction of sp³-hybridized carbons (Fsp3) is 0.250. The predicted molar refractivity (Wildman–Crippen MR) is 86.1 cm³/mol. The molecule has 0 spiro atoms. The fourth-order valence-corrected chi connectivity index (χ4v) is 2.05. The summed E-state index contributed by atoms with van der Waals surface area (Å²) in [5.41, 5.74) is 8.79. The Morgan fingerprint density at radius 2 is 1.65 bits per heavy atom. The van der Waals surface area contributed by atoms with E-state index in [4.69, 9.17) is 5.73 Å². The van der Waals surface area contributed by atoms with E-state index in [0.29, 0.717) is 0 Å². The van der Waals surface area contributed by atoms with E-state index in [0.717, 1.165) is 24.2 Å². The van der Waals surface area contributed by atoms with E-state index in [9.17, 15) is 5.11 Å². The van der Waals surface area contributed by atoms with Crippen molar-refractivity contribution >= 4 is 18.1 Å². The third kappa shape index (κ3) is 4.85. The highest BCUT2D eigenvalue weighted by molar-refractivity contribution is 5.85. The number of nitrogen functional groups attached to an aromatic ring is 1. The van der Waals surface area contributed by atoms with Crippen molar-refractivity contribution < 1.29 is 5.11 Å². The Bertz CT molecular complexity index is 488. The smallest absolute Gasteiger partial charge is 0.0626 e. The van der Waals surface area contributed by atoms with Gasteiger partial charge in [0.2, 0.25) is 0 Å². The molecule has 0 radical (unpaired) electrons. The standard InChI is InChI=1S/C16H20N2O.ClH/c17-15-8-6-13(7-9-15)10-11-18-16(12-19)14-4-2-1-3-5-14;/h1-9,16,18-19H,10-12,17H2;1H. The molecule has 0 saturated carbocycles. The molecule has 1 atom stereocenters. The molecule has 4 heteroatoms. The van der Waals surface area contributed by atoms with Gasteiger partial charge >= 0.3 is 0 Å². The van der Waals surface area contributed by atoms with Crippen LogP contribution < -0.4 is 11.1 Å². The fourth-order valence-electron chi connectivity index (χ4n) is 2.05. The Kier molecular flexibility index (Phi) is 7.09. The van der Waals surface area contributed by atoms with Gasteiger partial charge in [0.05, 0.1) is 12.6 Å². The first-order chi connectivity index (χ1) is 9.29. The van der Waals surface area contributed by atoms with E-state index in [-0.39, 0.29) is 25.1 Å². The summed E-state index contributed by atoms with van der Waals surface area (Å²) in [5.74, 6) is 0. The van der Waals surface area contributed by atoms with Gasteiger partial charge < -0.3 is 16.2 Å². The minimum absolute atomic E-state index is 0.